The molecule has 1 aliphatic carbocycles. The molecule has 2 aliphatic rings. The number of phenols is 1. The van der Waals surface area contributed by atoms with Gasteiger partial charge in [0.1, 0.15) is 17.1 Å². The lowest BCUT2D eigenvalue weighted by Gasteiger charge is -2.46. The molecule has 1 aliphatic heterocycles. The van der Waals surface area contributed by atoms with Crippen molar-refractivity contribution in [2.24, 2.45) is 5.92 Å². The SMILES string of the molecule is [2H]C1=C(C([2H])([2H])[2H])CC[C@@H]2[C@@H]1c1c(O)c([2H])c(C([2H])([2H])C([2H])([2H])C([2H])([2H])C([2H])([2H])C([2H])([2H])[2H])c([2H])c1OC2(C)C. The summed E-state index contributed by atoms with van der Waals surface area (Å²) in [6.45, 7) is -3.23. The Balaban J connectivity index is 2.37. The lowest BCUT2D eigenvalue weighted by Crippen LogP contribution is -2.45. The molecule has 0 spiro atoms. The van der Waals surface area contributed by atoms with Gasteiger partial charge in [-0.25, -0.2) is 0 Å². The second-order valence-corrected chi connectivity index (χ2v) is 6.17. The van der Waals surface area contributed by atoms with Crippen LogP contribution in [0.2, 0.25) is 0 Å². The molecule has 3 rings (SSSR count). The Morgan fingerprint density at radius 1 is 1.43 bits per heavy atom. The Bertz CT molecular complexity index is 1240. The first-order valence-corrected chi connectivity index (χ1v) is 7.34. The van der Waals surface area contributed by atoms with Gasteiger partial charge in [0, 0.05) is 36.6 Å². The molecule has 1 aromatic carbocycles. The molecule has 0 saturated heterocycles. The predicted molar refractivity (Wildman–Crippen MR) is 95.3 cm³/mol. The van der Waals surface area contributed by atoms with E-state index >= 15 is 0 Å². The van der Waals surface area contributed by atoms with E-state index in [0.717, 1.165) is 0 Å². The highest BCUT2D eigenvalue weighted by molar-refractivity contribution is 5.53. The molecule has 2 nitrogen and oxygen atoms in total. The highest BCUT2D eigenvalue weighted by atomic mass is 16.5. The summed E-state index contributed by atoms with van der Waals surface area (Å²) in [6, 6.07) is -2.56. The van der Waals surface area contributed by atoms with Crippen LogP contribution in [-0.4, -0.2) is 10.7 Å². The lowest BCUT2D eigenvalue weighted by molar-refractivity contribution is 0.0107. The van der Waals surface area contributed by atoms with Gasteiger partial charge in [-0.05, 0) is 63.9 Å². The number of phenolic OH excluding ortho intramolecular Hbond substituents is 1. The van der Waals surface area contributed by atoms with E-state index < -0.39 is 85.8 Å². The molecule has 0 aromatic heterocycles. The van der Waals surface area contributed by atoms with Gasteiger partial charge in [-0.2, -0.15) is 0 Å². The van der Waals surface area contributed by atoms with Crippen molar-refractivity contribution in [2.45, 2.75) is 77.4 Å². The highest BCUT2D eigenvalue weighted by Crippen LogP contribution is 2.53. The van der Waals surface area contributed by atoms with Crippen LogP contribution in [0.15, 0.2) is 23.7 Å². The molecule has 1 heterocycles. The maximum atomic E-state index is 11.1. The van der Waals surface area contributed by atoms with Gasteiger partial charge in [0.15, 0.2) is 0 Å². The number of allylic oxidation sites excluding steroid dienone is 2. The third kappa shape index (κ3) is 3.13. The minimum Gasteiger partial charge on any atom is -0.507 e. The average Bonchev–Trinajstić information content (AvgIpc) is 2.75. The van der Waals surface area contributed by atoms with Gasteiger partial charge in [-0.3, -0.25) is 0 Å². The summed E-state index contributed by atoms with van der Waals surface area (Å²) >= 11 is 0. The van der Waals surface area contributed by atoms with Crippen LogP contribution >= 0.6 is 0 Å². The summed E-state index contributed by atoms with van der Waals surface area (Å²) in [7, 11) is 0. The summed E-state index contributed by atoms with van der Waals surface area (Å²) in [5, 5.41) is 11.1. The number of hydrogen-bond donors (Lipinski definition) is 1. The van der Waals surface area contributed by atoms with Crippen molar-refractivity contribution in [1.82, 2.24) is 0 Å². The fourth-order valence-corrected chi connectivity index (χ4v) is 3.25. The Labute approximate surface area is 164 Å². The van der Waals surface area contributed by atoms with Crippen molar-refractivity contribution in [2.75, 3.05) is 0 Å². The smallest absolute Gasteiger partial charge is 0.127 e. The normalized spacial score (nSPS) is 40.0. The van der Waals surface area contributed by atoms with Crippen molar-refractivity contribution in [3.8, 4) is 11.5 Å². The van der Waals surface area contributed by atoms with Crippen LogP contribution in [0.5, 0.6) is 11.5 Å². The van der Waals surface area contributed by atoms with Crippen LogP contribution in [0.4, 0.5) is 0 Å². The molecule has 0 saturated carbocycles. The molecule has 1 N–H and O–H groups in total. The summed E-state index contributed by atoms with van der Waals surface area (Å²) < 4.78 is 143. The van der Waals surface area contributed by atoms with E-state index in [1.165, 1.54) is 0 Å². The Morgan fingerprint density at radius 2 is 2.30 bits per heavy atom. The monoisotopic (exact) mass is 331 g/mol. The van der Waals surface area contributed by atoms with Crippen LogP contribution in [0.1, 0.15) is 99.9 Å². The van der Waals surface area contributed by atoms with Gasteiger partial charge >= 0.3 is 0 Å². The minimum absolute atomic E-state index is 0.0300. The third-order valence-electron chi connectivity index (χ3n) is 4.30. The van der Waals surface area contributed by atoms with Crippen molar-refractivity contribution in [3.05, 3.63) is 34.8 Å². The van der Waals surface area contributed by atoms with Crippen LogP contribution in [-0.2, 0) is 6.37 Å². The Hall–Kier alpha value is -1.44. The minimum atomic E-state index is -4.06. The van der Waals surface area contributed by atoms with Gasteiger partial charge in [0.05, 0.1) is 4.11 Å². The molecule has 0 bridgehead atoms. The van der Waals surface area contributed by atoms with Crippen molar-refractivity contribution >= 4 is 0 Å². The third-order valence-corrected chi connectivity index (χ3v) is 4.30. The van der Waals surface area contributed by atoms with Crippen molar-refractivity contribution in [1.29, 1.82) is 0 Å². The average molecular weight is 332 g/mol. The van der Waals surface area contributed by atoms with E-state index in [-0.39, 0.29) is 30.0 Å². The van der Waals surface area contributed by atoms with Crippen molar-refractivity contribution in [3.63, 3.8) is 0 Å². The lowest BCUT2D eigenvalue weighted by atomic mass is 9.68. The molecule has 0 amide bonds. The molecular weight excluding hydrogens is 284 g/mol. The summed E-state index contributed by atoms with van der Waals surface area (Å²) in [5.41, 5.74) is -2.96. The second kappa shape index (κ2) is 6.22. The van der Waals surface area contributed by atoms with Crippen LogP contribution in [0.25, 0.3) is 0 Å². The van der Waals surface area contributed by atoms with Crippen LogP contribution < -0.4 is 4.74 Å². The number of aromatic hydroxyl groups is 1. The Kier molecular flexibility index (Phi) is 1.50. The van der Waals surface area contributed by atoms with E-state index in [9.17, 15) is 5.11 Å². The molecular formula is C21H30O2. The maximum absolute atomic E-state index is 11.1. The maximum Gasteiger partial charge on any atom is 0.127 e. The molecule has 2 heteroatoms. The predicted octanol–water partition coefficient (Wildman–Crippen LogP) is 5.74. The number of hydrogen-bond acceptors (Lipinski definition) is 2. The van der Waals surface area contributed by atoms with E-state index in [2.05, 4.69) is 0 Å². The first-order valence-electron chi connectivity index (χ1n) is 15.8. The fourth-order valence-electron chi connectivity index (χ4n) is 3.25. The zero-order valence-electron chi connectivity index (χ0n) is 29.9. The van der Waals surface area contributed by atoms with Crippen LogP contribution in [0.3, 0.4) is 0 Å². The summed E-state index contributed by atoms with van der Waals surface area (Å²) in [6.07, 6.45) is -15.6. The standard InChI is InChI=1S/C21H30O2/c1-5-6-7-8-15-12-18(22)20-16-11-14(2)9-10-17(16)21(3,4)23-19(20)13-15/h11-13,16-17,22H,5-10H2,1-4H3/t16-,17-/m1/s1/i1D3,2D3,5D2,6D2,7D2,8D2,11D,12D,13D. The molecule has 0 unspecified atom stereocenters. The second-order valence-electron chi connectivity index (χ2n) is 6.17. The molecule has 126 valence electrons. The number of ether oxygens (including phenoxy) is 1. The molecule has 1 aromatic rings. The molecule has 0 fully saturated rings. The van der Waals surface area contributed by atoms with Gasteiger partial charge < -0.3 is 9.84 Å². The fraction of sp³-hybridized carbons (Fsp3) is 0.619. The van der Waals surface area contributed by atoms with Gasteiger partial charge in [0.25, 0.3) is 0 Å². The highest BCUT2D eigenvalue weighted by Gasteiger charge is 2.45. The van der Waals surface area contributed by atoms with Gasteiger partial charge in [-0.1, -0.05) is 31.2 Å². The number of benzene rings is 1. The van der Waals surface area contributed by atoms with E-state index in [1.54, 1.807) is 13.8 Å². The number of fused-ring (bicyclic) bond motifs is 3. The molecule has 23 heavy (non-hydrogen) atoms. The first-order chi connectivity index (χ1) is 17.6. The Morgan fingerprint density at radius 3 is 3.09 bits per heavy atom. The largest absolute Gasteiger partial charge is 0.507 e. The van der Waals surface area contributed by atoms with E-state index in [1.807, 2.05) is 0 Å². The number of rotatable bonds is 4. The van der Waals surface area contributed by atoms with Crippen LogP contribution in [0, 0.1) is 5.92 Å². The molecule has 0 radical (unpaired) electrons. The summed E-state index contributed by atoms with van der Waals surface area (Å²) in [5.74, 6) is -3.38. The topological polar surface area (TPSA) is 29.5 Å². The molecule has 2 atom stereocenters. The van der Waals surface area contributed by atoms with Gasteiger partial charge in [0.2, 0.25) is 0 Å². The van der Waals surface area contributed by atoms with Crippen molar-refractivity contribution < 1.29 is 33.1 Å². The summed E-state index contributed by atoms with van der Waals surface area (Å²) in [4.78, 5) is 0. The zero-order chi connectivity index (χ0) is 31.4. The first kappa shape index (κ1) is 5.54. The van der Waals surface area contributed by atoms with E-state index in [0.29, 0.717) is 0 Å². The zero-order valence-corrected chi connectivity index (χ0v) is 12.9. The van der Waals surface area contributed by atoms with E-state index in [4.69, 9.17) is 28.0 Å². The quantitative estimate of drug-likeness (QED) is 0.713. The van der Waals surface area contributed by atoms with Gasteiger partial charge in [-0.15, -0.1) is 0 Å².